The zero-order valence-corrected chi connectivity index (χ0v) is 43.2. The normalized spacial score (nSPS) is 15.6. The maximum Gasteiger partial charge on any atom is 0.264 e. The second kappa shape index (κ2) is 20.6. The average molecular weight is 994 g/mol. The van der Waals surface area contributed by atoms with E-state index in [2.05, 4.69) is 61.0 Å². The number of imidazole rings is 2. The van der Waals surface area contributed by atoms with Gasteiger partial charge in [0.15, 0.2) is 0 Å². The van der Waals surface area contributed by atoms with E-state index in [0.29, 0.717) is 35.3 Å². The minimum atomic E-state index is -3.74. The van der Waals surface area contributed by atoms with Gasteiger partial charge in [0.1, 0.15) is 11.6 Å². The van der Waals surface area contributed by atoms with Crippen molar-refractivity contribution in [3.05, 3.63) is 120 Å². The fourth-order valence-electron chi connectivity index (χ4n) is 9.15. The summed E-state index contributed by atoms with van der Waals surface area (Å²) in [6.07, 6.45) is 7.54. The van der Waals surface area contributed by atoms with Crippen molar-refractivity contribution in [2.75, 3.05) is 49.1 Å². The summed E-state index contributed by atoms with van der Waals surface area (Å²) in [5, 5.41) is 17.0. The number of aromatic nitrogens is 7. The smallest absolute Gasteiger partial charge is 0.264 e. The Morgan fingerprint density at radius 2 is 1.03 bits per heavy atom. The lowest BCUT2D eigenvalue weighted by Gasteiger charge is -2.26. The summed E-state index contributed by atoms with van der Waals surface area (Å²) in [6, 6.07) is 24.6. The molecule has 18 heteroatoms. The molecule has 9 rings (SSSR count). The molecule has 16 nitrogen and oxygen atoms in total. The zero-order chi connectivity index (χ0) is 50.0. The van der Waals surface area contributed by atoms with Gasteiger partial charge in [0.05, 0.1) is 62.6 Å². The topological polar surface area (TPSA) is 180 Å². The zero-order valence-electron chi connectivity index (χ0n) is 41.6. The van der Waals surface area contributed by atoms with E-state index in [1.54, 1.807) is 67.6 Å². The highest BCUT2D eigenvalue weighted by Gasteiger charge is 2.29. The molecule has 0 radical (unpaired) electrons. The Morgan fingerprint density at radius 3 is 1.40 bits per heavy atom. The molecule has 2 saturated heterocycles. The number of sulfonamides is 2. The number of hydrogen-bond acceptors (Lipinski definition) is 11. The van der Waals surface area contributed by atoms with Crippen molar-refractivity contribution in [1.82, 2.24) is 34.1 Å². The first-order chi connectivity index (χ1) is 33.2. The van der Waals surface area contributed by atoms with E-state index in [1.165, 1.54) is 20.7 Å². The maximum atomic E-state index is 13.5. The van der Waals surface area contributed by atoms with Gasteiger partial charge < -0.3 is 23.7 Å². The summed E-state index contributed by atoms with van der Waals surface area (Å²) < 4.78 is 73.3. The van der Waals surface area contributed by atoms with Crippen LogP contribution in [0.1, 0.15) is 90.0 Å². The lowest BCUT2D eigenvalue weighted by atomic mass is 9.94. The van der Waals surface area contributed by atoms with Crippen molar-refractivity contribution in [1.29, 1.82) is 0 Å². The van der Waals surface area contributed by atoms with Crippen molar-refractivity contribution in [3.63, 3.8) is 0 Å². The lowest BCUT2D eigenvalue weighted by molar-refractivity contribution is 0.0610. The Labute approximate surface area is 412 Å². The van der Waals surface area contributed by atoms with Crippen molar-refractivity contribution in [2.24, 2.45) is 11.8 Å². The van der Waals surface area contributed by atoms with Gasteiger partial charge in [-0.2, -0.15) is 0 Å². The van der Waals surface area contributed by atoms with Crippen LogP contribution in [0.4, 0.5) is 11.4 Å². The van der Waals surface area contributed by atoms with E-state index in [4.69, 9.17) is 19.4 Å². The largest absolute Gasteiger partial charge is 0.392 e. The number of benzene rings is 4. The highest BCUT2D eigenvalue weighted by atomic mass is 32.2. The van der Waals surface area contributed by atoms with Gasteiger partial charge in [-0.3, -0.25) is 8.61 Å². The van der Waals surface area contributed by atoms with Crippen molar-refractivity contribution in [3.8, 4) is 0 Å². The fraction of sp³-hybridized carbons (Fsp3) is 0.462. The first-order valence-corrected chi connectivity index (χ1v) is 26.9. The Kier molecular flexibility index (Phi) is 14.9. The predicted molar refractivity (Wildman–Crippen MR) is 273 cm³/mol. The van der Waals surface area contributed by atoms with Gasteiger partial charge in [-0.25, -0.2) is 31.5 Å². The van der Waals surface area contributed by atoms with Gasteiger partial charge in [0.25, 0.3) is 20.0 Å². The summed E-state index contributed by atoms with van der Waals surface area (Å²) in [6.45, 7) is 18.3. The summed E-state index contributed by atoms with van der Waals surface area (Å²) >= 11 is 0. The van der Waals surface area contributed by atoms with Gasteiger partial charge >= 0.3 is 0 Å². The minimum Gasteiger partial charge on any atom is -0.392 e. The molecule has 2 fully saturated rings. The molecule has 70 heavy (non-hydrogen) atoms. The van der Waals surface area contributed by atoms with Crippen LogP contribution >= 0.6 is 0 Å². The Balaban J connectivity index is 0.000000190. The van der Waals surface area contributed by atoms with Crippen LogP contribution in [-0.2, 0) is 66.6 Å². The number of rotatable bonds is 13. The molecule has 0 aliphatic carbocycles. The molecule has 2 aliphatic rings. The summed E-state index contributed by atoms with van der Waals surface area (Å²) in [4.78, 5) is 10.4. The van der Waals surface area contributed by atoms with E-state index < -0.39 is 20.0 Å². The third kappa shape index (κ3) is 11.1. The summed E-state index contributed by atoms with van der Waals surface area (Å²) in [5.41, 5.74) is 6.12. The van der Waals surface area contributed by atoms with Crippen LogP contribution in [-0.4, -0.2) is 96.6 Å². The van der Waals surface area contributed by atoms with Crippen LogP contribution in [0, 0.1) is 11.8 Å². The highest BCUT2D eigenvalue weighted by Crippen LogP contribution is 2.34. The molecule has 0 amide bonds. The number of nitrogens with zero attached hydrogens (tertiary/aromatic N) is 9. The standard InChI is InChI=1S/C27H34N6O3S.C25H33N3O4S/c1-27(2,3)26-29-24-17-22(7-10-25(24)33(26)19-21-11-15-36-16-12-21)31(4)37(34,35)23-8-5-20(6-9-23)18-32-14-13-28-30-32;1-25(2,3)24-26-22-15-20(7-10-23(22)28(24)16-18-11-13-32-14-12-18)27(4)33(30,31)21-8-5-19(17-29)6-9-21/h5-10,13-14,17,21H,11-12,15-16,18-19H2,1-4H3;5-10,15,18,29H,11-14,16-17H2,1-4H3. The van der Waals surface area contributed by atoms with Crippen molar-refractivity contribution < 1.29 is 31.4 Å². The van der Waals surface area contributed by atoms with Gasteiger partial charge in [-0.1, -0.05) is 71.0 Å². The van der Waals surface area contributed by atoms with Crippen LogP contribution < -0.4 is 8.61 Å². The molecule has 374 valence electrons. The molecule has 2 aliphatic heterocycles. The van der Waals surface area contributed by atoms with E-state index in [-0.39, 0.29) is 27.2 Å². The molecule has 3 aromatic heterocycles. The summed E-state index contributed by atoms with van der Waals surface area (Å²) in [5.74, 6) is 3.11. The summed E-state index contributed by atoms with van der Waals surface area (Å²) in [7, 11) is -4.34. The second-order valence-corrected chi connectivity index (χ2v) is 24.5. The Bertz CT molecular complexity index is 3110. The molecule has 4 aromatic carbocycles. The monoisotopic (exact) mass is 993 g/mol. The van der Waals surface area contributed by atoms with Crippen LogP contribution in [0.25, 0.3) is 22.1 Å². The van der Waals surface area contributed by atoms with Gasteiger partial charge in [0.2, 0.25) is 0 Å². The third-order valence-corrected chi connectivity index (χ3v) is 16.9. The molecule has 7 aromatic rings. The number of aliphatic hydroxyl groups is 1. The quantitative estimate of drug-likeness (QED) is 0.117. The lowest BCUT2D eigenvalue weighted by Crippen LogP contribution is -2.26. The minimum absolute atomic E-state index is 0.126. The molecule has 5 heterocycles. The highest BCUT2D eigenvalue weighted by molar-refractivity contribution is 7.93. The van der Waals surface area contributed by atoms with E-state index in [1.807, 2.05) is 36.4 Å². The van der Waals surface area contributed by atoms with E-state index >= 15 is 0 Å². The SMILES string of the molecule is CN(c1ccc2c(c1)nc(C(C)(C)C)n2CC1CCOCC1)S(=O)(=O)c1ccc(CO)cc1.CN(c1ccc2c(c1)nc(C(C)(C)C)n2CC1CCOCC1)S(=O)(=O)c1ccc(Cn2ccnn2)cc1. The molecule has 0 atom stereocenters. The number of hydrogen-bond donors (Lipinski definition) is 1. The predicted octanol–water partition coefficient (Wildman–Crippen LogP) is 8.30. The van der Waals surface area contributed by atoms with E-state index in [0.717, 1.165) is 104 Å². The molecule has 0 saturated carbocycles. The third-order valence-electron chi connectivity index (χ3n) is 13.3. The first kappa shape index (κ1) is 50.7. The molecule has 0 bridgehead atoms. The second-order valence-electron chi connectivity index (χ2n) is 20.5. The molecule has 1 N–H and O–H groups in total. The van der Waals surface area contributed by atoms with Crippen molar-refractivity contribution >= 4 is 53.5 Å². The number of fused-ring (bicyclic) bond motifs is 2. The number of aliphatic hydroxyl groups excluding tert-OH is 1. The van der Waals surface area contributed by atoms with Gasteiger partial charge in [-0.05, 0) is 109 Å². The molecular weight excluding hydrogens is 927 g/mol. The van der Waals surface area contributed by atoms with Crippen LogP contribution in [0.15, 0.2) is 107 Å². The number of ether oxygens (including phenoxy) is 2. The Morgan fingerprint density at radius 1 is 0.614 bits per heavy atom. The first-order valence-electron chi connectivity index (χ1n) is 24.0. The molecule has 0 unspecified atom stereocenters. The van der Waals surface area contributed by atoms with Gasteiger partial charge in [0, 0.05) is 70.6 Å². The average Bonchev–Trinajstić information content (AvgIpc) is 4.10. The maximum absolute atomic E-state index is 13.5. The number of anilines is 2. The van der Waals surface area contributed by atoms with Crippen LogP contribution in [0.3, 0.4) is 0 Å². The van der Waals surface area contributed by atoms with Crippen LogP contribution in [0.5, 0.6) is 0 Å². The van der Waals surface area contributed by atoms with E-state index in [9.17, 15) is 21.9 Å². The Hall–Kier alpha value is -5.66. The van der Waals surface area contributed by atoms with Crippen molar-refractivity contribution in [2.45, 2.75) is 114 Å². The molecular formula is C52H67N9O7S2. The molecule has 0 spiro atoms. The van der Waals surface area contributed by atoms with Gasteiger partial charge in [-0.15, -0.1) is 5.10 Å². The van der Waals surface area contributed by atoms with Crippen LogP contribution in [0.2, 0.25) is 0 Å². The fourth-order valence-corrected chi connectivity index (χ4v) is 11.5.